The summed E-state index contributed by atoms with van der Waals surface area (Å²) in [5.41, 5.74) is 3.09. The molecule has 256 valence electrons. The Morgan fingerprint density at radius 2 is 1.40 bits per heavy atom. The number of esters is 2. The van der Waals surface area contributed by atoms with E-state index in [-0.39, 0.29) is 12.0 Å². The Morgan fingerprint density at radius 1 is 0.750 bits per heavy atom. The van der Waals surface area contributed by atoms with Crippen LogP contribution in [-0.4, -0.2) is 40.9 Å². The summed E-state index contributed by atoms with van der Waals surface area (Å²) in [4.78, 5) is 34.2. The molecule has 0 saturated carbocycles. The number of carbonyl (C=O) groups is 2. The van der Waals surface area contributed by atoms with E-state index in [1.54, 1.807) is 31.2 Å². The van der Waals surface area contributed by atoms with Gasteiger partial charge in [0.25, 0.3) is 0 Å². The molecule has 4 rings (SSSR count). The molecule has 0 fully saturated rings. The minimum absolute atomic E-state index is 0.124. The standard InChI is InChI=1S/C40H48F2N2O4/c1-4-6-8-9-10-12-13-29-15-17-30(18-16-29)38-43-25-34(26-44-38)40(46)48-35-22-21-32-23-31(19-20-33(32)24-35)28(3)39(45)47-27-37(42)36(41)14-11-7-5-2/h15-26,28,36-37H,4-14,27H2,1-3H3/t28-,36+,37+/m0/s1. The average molecular weight is 659 g/mol. The van der Waals surface area contributed by atoms with Crippen molar-refractivity contribution in [3.8, 4) is 17.1 Å². The highest BCUT2D eigenvalue weighted by molar-refractivity contribution is 5.92. The fourth-order valence-corrected chi connectivity index (χ4v) is 5.55. The molecule has 1 heterocycles. The first-order chi connectivity index (χ1) is 23.3. The van der Waals surface area contributed by atoms with Crippen LogP contribution in [0.25, 0.3) is 22.2 Å². The molecule has 48 heavy (non-hydrogen) atoms. The lowest BCUT2D eigenvalue weighted by Crippen LogP contribution is -2.26. The van der Waals surface area contributed by atoms with E-state index >= 15 is 0 Å². The minimum Gasteiger partial charge on any atom is -0.462 e. The predicted molar refractivity (Wildman–Crippen MR) is 187 cm³/mol. The number of unbranched alkanes of at least 4 members (excludes halogenated alkanes) is 7. The monoisotopic (exact) mass is 658 g/mol. The van der Waals surface area contributed by atoms with E-state index in [1.807, 2.05) is 31.2 Å². The van der Waals surface area contributed by atoms with Gasteiger partial charge in [-0.05, 0) is 60.2 Å². The molecule has 0 spiro atoms. The summed E-state index contributed by atoms with van der Waals surface area (Å²) in [5.74, 6) is -0.960. The Kier molecular flexibility index (Phi) is 14.5. The number of alkyl halides is 2. The molecule has 0 bridgehead atoms. The van der Waals surface area contributed by atoms with Crippen molar-refractivity contribution in [1.82, 2.24) is 9.97 Å². The maximum absolute atomic E-state index is 14.2. The molecule has 8 heteroatoms. The summed E-state index contributed by atoms with van der Waals surface area (Å²) >= 11 is 0. The van der Waals surface area contributed by atoms with Crippen LogP contribution in [-0.2, 0) is 16.0 Å². The molecular weight excluding hydrogens is 610 g/mol. The molecule has 3 atom stereocenters. The van der Waals surface area contributed by atoms with Gasteiger partial charge in [0.2, 0.25) is 0 Å². The second kappa shape index (κ2) is 19.0. The summed E-state index contributed by atoms with van der Waals surface area (Å²) < 4.78 is 38.9. The average Bonchev–Trinajstić information content (AvgIpc) is 3.11. The Balaban J connectivity index is 1.28. The van der Waals surface area contributed by atoms with Crippen molar-refractivity contribution in [3.05, 3.63) is 89.7 Å². The fraction of sp³-hybridized carbons (Fsp3) is 0.450. The summed E-state index contributed by atoms with van der Waals surface area (Å²) in [6, 6.07) is 18.9. The van der Waals surface area contributed by atoms with Crippen molar-refractivity contribution in [3.63, 3.8) is 0 Å². The molecule has 0 saturated heterocycles. The summed E-state index contributed by atoms with van der Waals surface area (Å²) in [5, 5.41) is 1.62. The Hall–Kier alpha value is -4.20. The van der Waals surface area contributed by atoms with E-state index in [1.165, 1.54) is 56.5 Å². The SMILES string of the molecule is CCCCCCCCc1ccc(-c2ncc(C(=O)Oc3ccc4cc([C@H](C)C(=O)OC[C@@H](F)[C@H](F)CCCCC)ccc4c3)cn2)cc1. The largest absolute Gasteiger partial charge is 0.462 e. The van der Waals surface area contributed by atoms with Gasteiger partial charge in [0, 0.05) is 18.0 Å². The number of aromatic nitrogens is 2. The number of nitrogens with zero attached hydrogens (tertiary/aromatic N) is 2. The van der Waals surface area contributed by atoms with Crippen LogP contribution in [0.3, 0.4) is 0 Å². The highest BCUT2D eigenvalue weighted by atomic mass is 19.2. The van der Waals surface area contributed by atoms with Crippen LogP contribution in [0.5, 0.6) is 5.75 Å². The minimum atomic E-state index is -1.84. The van der Waals surface area contributed by atoms with E-state index < -0.39 is 36.8 Å². The maximum Gasteiger partial charge on any atom is 0.346 e. The number of benzene rings is 3. The Morgan fingerprint density at radius 3 is 2.12 bits per heavy atom. The van der Waals surface area contributed by atoms with Gasteiger partial charge in [-0.15, -0.1) is 0 Å². The fourth-order valence-electron chi connectivity index (χ4n) is 5.55. The van der Waals surface area contributed by atoms with E-state index in [4.69, 9.17) is 9.47 Å². The lowest BCUT2D eigenvalue weighted by Gasteiger charge is -2.16. The van der Waals surface area contributed by atoms with E-state index in [9.17, 15) is 18.4 Å². The van der Waals surface area contributed by atoms with Gasteiger partial charge in [-0.3, -0.25) is 4.79 Å². The Bertz CT molecular complexity index is 1590. The number of carbonyl (C=O) groups excluding carboxylic acids is 2. The number of aryl methyl sites for hydroxylation is 1. The predicted octanol–water partition coefficient (Wildman–Crippen LogP) is 10.3. The van der Waals surface area contributed by atoms with Gasteiger partial charge in [0.15, 0.2) is 12.0 Å². The zero-order chi connectivity index (χ0) is 34.3. The number of ether oxygens (including phenoxy) is 2. The van der Waals surface area contributed by atoms with Crippen molar-refractivity contribution >= 4 is 22.7 Å². The molecule has 1 aromatic heterocycles. The molecule has 0 aliphatic carbocycles. The van der Waals surface area contributed by atoms with Crippen molar-refractivity contribution in [2.24, 2.45) is 0 Å². The van der Waals surface area contributed by atoms with E-state index in [0.29, 0.717) is 23.6 Å². The lowest BCUT2D eigenvalue weighted by atomic mass is 9.98. The second-order valence-electron chi connectivity index (χ2n) is 12.5. The number of hydrogen-bond donors (Lipinski definition) is 0. The molecule has 0 amide bonds. The van der Waals surface area contributed by atoms with Gasteiger partial charge in [-0.25, -0.2) is 23.5 Å². The zero-order valence-corrected chi connectivity index (χ0v) is 28.4. The highest BCUT2D eigenvalue weighted by Gasteiger charge is 2.24. The third kappa shape index (κ3) is 10.9. The molecule has 0 aliphatic heterocycles. The Labute approximate surface area is 283 Å². The number of halogens is 2. The molecule has 4 aromatic rings. The van der Waals surface area contributed by atoms with Crippen LogP contribution < -0.4 is 4.74 Å². The first-order valence-electron chi connectivity index (χ1n) is 17.4. The van der Waals surface area contributed by atoms with Gasteiger partial charge in [-0.1, -0.05) is 114 Å². The normalized spacial score (nSPS) is 13.2. The quantitative estimate of drug-likeness (QED) is 0.0567. The first-order valence-corrected chi connectivity index (χ1v) is 17.4. The molecule has 0 unspecified atom stereocenters. The summed E-state index contributed by atoms with van der Waals surface area (Å²) in [6.45, 7) is 5.30. The summed E-state index contributed by atoms with van der Waals surface area (Å²) in [7, 11) is 0. The van der Waals surface area contributed by atoms with Gasteiger partial charge in [0.1, 0.15) is 18.5 Å². The molecular formula is C40H48F2N2O4. The molecule has 0 radical (unpaired) electrons. The van der Waals surface area contributed by atoms with Crippen LogP contribution in [0.1, 0.15) is 112 Å². The number of fused-ring (bicyclic) bond motifs is 1. The van der Waals surface area contributed by atoms with Crippen LogP contribution in [0, 0.1) is 0 Å². The zero-order valence-electron chi connectivity index (χ0n) is 28.4. The topological polar surface area (TPSA) is 78.4 Å². The van der Waals surface area contributed by atoms with Crippen molar-refractivity contribution in [1.29, 1.82) is 0 Å². The lowest BCUT2D eigenvalue weighted by molar-refractivity contribution is -0.147. The van der Waals surface area contributed by atoms with Crippen molar-refractivity contribution in [2.75, 3.05) is 6.61 Å². The molecule has 3 aromatic carbocycles. The smallest absolute Gasteiger partial charge is 0.346 e. The number of hydrogen-bond acceptors (Lipinski definition) is 6. The second-order valence-corrected chi connectivity index (χ2v) is 12.5. The van der Waals surface area contributed by atoms with Gasteiger partial charge in [-0.2, -0.15) is 0 Å². The van der Waals surface area contributed by atoms with Gasteiger partial charge >= 0.3 is 11.9 Å². The van der Waals surface area contributed by atoms with E-state index in [0.717, 1.165) is 35.6 Å². The molecule has 0 N–H and O–H groups in total. The van der Waals surface area contributed by atoms with Crippen LogP contribution in [0.4, 0.5) is 8.78 Å². The van der Waals surface area contributed by atoms with Crippen LogP contribution >= 0.6 is 0 Å². The van der Waals surface area contributed by atoms with Crippen LogP contribution in [0.2, 0.25) is 0 Å². The maximum atomic E-state index is 14.2. The third-order valence-electron chi connectivity index (χ3n) is 8.68. The summed E-state index contributed by atoms with van der Waals surface area (Å²) in [6.07, 6.45) is 10.6. The van der Waals surface area contributed by atoms with Crippen LogP contribution in [0.15, 0.2) is 73.1 Å². The third-order valence-corrected chi connectivity index (χ3v) is 8.68. The van der Waals surface area contributed by atoms with E-state index in [2.05, 4.69) is 29.0 Å². The van der Waals surface area contributed by atoms with Gasteiger partial charge in [0.05, 0.1) is 11.5 Å². The van der Waals surface area contributed by atoms with Gasteiger partial charge < -0.3 is 9.47 Å². The van der Waals surface area contributed by atoms with Crippen molar-refractivity contribution in [2.45, 2.75) is 110 Å². The highest BCUT2D eigenvalue weighted by Crippen LogP contribution is 2.27. The van der Waals surface area contributed by atoms with Crippen molar-refractivity contribution < 1.29 is 27.8 Å². The molecule has 0 aliphatic rings. The molecule has 6 nitrogen and oxygen atoms in total. The number of rotatable bonds is 19. The first kappa shape index (κ1) is 36.6.